The third kappa shape index (κ3) is 2.86. The number of phenols is 1. The number of carbonyl (C=O) groups is 2. The number of phenolic OH excluding ortho intramolecular Hbond substituents is 1. The summed E-state index contributed by atoms with van der Waals surface area (Å²) in [5, 5.41) is 21.8. The molecule has 0 aromatic heterocycles. The first-order valence-corrected chi connectivity index (χ1v) is 5.51. The van der Waals surface area contributed by atoms with E-state index in [1.54, 1.807) is 18.2 Å². The van der Waals surface area contributed by atoms with Crippen LogP contribution in [0.2, 0.25) is 0 Å². The Hall–Kier alpha value is -3.03. The van der Waals surface area contributed by atoms with Crippen molar-refractivity contribution in [2.45, 2.75) is 6.04 Å². The van der Waals surface area contributed by atoms with Crippen molar-refractivity contribution in [2.75, 3.05) is 0 Å². The van der Waals surface area contributed by atoms with Crippen LogP contribution in [-0.2, 0) is 9.59 Å². The van der Waals surface area contributed by atoms with Crippen molar-refractivity contribution in [1.82, 2.24) is 5.32 Å². The molecule has 0 radical (unpaired) electrons. The lowest BCUT2D eigenvalue weighted by Gasteiger charge is -2.12. The predicted octanol–water partition coefficient (Wildman–Crippen LogP) is 0.106. The normalized spacial score (nSPS) is 18.8. The number of amidine groups is 1. The number of aromatic hydroxyl groups is 1. The van der Waals surface area contributed by atoms with Crippen LogP contribution < -0.4 is 5.32 Å². The highest BCUT2D eigenvalue weighted by atomic mass is 16.6. The highest BCUT2D eigenvalue weighted by molar-refractivity contribution is 6.21. The minimum absolute atomic E-state index is 0.0637. The van der Waals surface area contributed by atoms with E-state index >= 15 is 0 Å². The maximum atomic E-state index is 11.4. The van der Waals surface area contributed by atoms with Gasteiger partial charge in [0.25, 0.3) is 0 Å². The van der Waals surface area contributed by atoms with E-state index in [9.17, 15) is 19.7 Å². The lowest BCUT2D eigenvalue weighted by atomic mass is 10.2. The summed E-state index contributed by atoms with van der Waals surface area (Å²) < 4.78 is 0. The van der Waals surface area contributed by atoms with E-state index in [2.05, 4.69) is 10.3 Å². The molecule has 0 aliphatic carbocycles. The van der Waals surface area contributed by atoms with E-state index in [0.717, 1.165) is 0 Å². The molecule has 0 saturated carbocycles. The van der Waals surface area contributed by atoms with Gasteiger partial charge in [-0.05, 0) is 23.8 Å². The van der Waals surface area contributed by atoms with E-state index in [4.69, 9.17) is 5.11 Å². The molecular weight excluding hydrogens is 266 g/mol. The molecule has 1 atom stereocenters. The van der Waals surface area contributed by atoms with Gasteiger partial charge in [-0.2, -0.15) is 4.99 Å². The number of aliphatic imine (C=N–C) groups is 1. The zero-order chi connectivity index (χ0) is 14.7. The van der Waals surface area contributed by atoms with E-state index in [1.807, 2.05) is 0 Å². The Morgan fingerprint density at radius 3 is 2.45 bits per heavy atom. The molecule has 8 heteroatoms. The van der Waals surface area contributed by atoms with Crippen LogP contribution in [0, 0.1) is 10.1 Å². The number of amides is 2. The molecule has 20 heavy (non-hydrogen) atoms. The second kappa shape index (κ2) is 5.31. The predicted molar refractivity (Wildman–Crippen MR) is 68.5 cm³/mol. The lowest BCUT2D eigenvalue weighted by molar-refractivity contribution is -0.493. The molecule has 2 amide bonds. The number of hydrogen-bond donors (Lipinski definition) is 2. The minimum Gasteiger partial charge on any atom is -0.508 e. The quantitative estimate of drug-likeness (QED) is 0.460. The molecule has 2 N–H and O–H groups in total. The van der Waals surface area contributed by atoms with Crippen LogP contribution in [0.3, 0.4) is 0 Å². The Morgan fingerprint density at radius 1 is 1.25 bits per heavy atom. The van der Waals surface area contributed by atoms with Crippen molar-refractivity contribution >= 4 is 23.7 Å². The van der Waals surface area contributed by atoms with Gasteiger partial charge in [0.1, 0.15) is 11.6 Å². The van der Waals surface area contributed by atoms with Crippen LogP contribution in [-0.4, -0.2) is 33.7 Å². The second-order valence-corrected chi connectivity index (χ2v) is 3.94. The summed E-state index contributed by atoms with van der Waals surface area (Å²) in [5.74, 6) is -2.08. The molecule has 0 bridgehead atoms. The molecule has 2 rings (SSSR count). The zero-order valence-corrected chi connectivity index (χ0v) is 10.0. The maximum absolute atomic E-state index is 11.4. The Morgan fingerprint density at radius 2 is 1.90 bits per heavy atom. The smallest absolute Gasteiger partial charge is 0.368 e. The second-order valence-electron chi connectivity index (χ2n) is 3.94. The van der Waals surface area contributed by atoms with Crippen molar-refractivity contribution in [3.8, 4) is 5.75 Å². The summed E-state index contributed by atoms with van der Waals surface area (Å²) in [5.41, 5.74) is 0.698. The highest BCUT2D eigenvalue weighted by Crippen LogP contribution is 2.11. The molecule has 1 aromatic rings. The molecule has 1 aliphatic heterocycles. The first-order chi connectivity index (χ1) is 9.47. The zero-order valence-electron chi connectivity index (χ0n) is 10.0. The molecule has 1 aliphatic rings. The first kappa shape index (κ1) is 13.4. The summed E-state index contributed by atoms with van der Waals surface area (Å²) >= 11 is 0. The van der Waals surface area contributed by atoms with E-state index in [0.29, 0.717) is 5.56 Å². The van der Waals surface area contributed by atoms with Gasteiger partial charge in [0.05, 0.1) is 0 Å². The topological polar surface area (TPSA) is 122 Å². The number of hydrogen-bond acceptors (Lipinski definition) is 5. The first-order valence-electron chi connectivity index (χ1n) is 5.51. The van der Waals surface area contributed by atoms with Crippen molar-refractivity contribution in [3.05, 3.63) is 46.0 Å². The third-order valence-corrected chi connectivity index (χ3v) is 2.50. The van der Waals surface area contributed by atoms with E-state index in [1.165, 1.54) is 18.2 Å². The maximum Gasteiger partial charge on any atom is 0.368 e. The van der Waals surface area contributed by atoms with Gasteiger partial charge >= 0.3 is 17.9 Å². The highest BCUT2D eigenvalue weighted by Gasteiger charge is 2.41. The molecule has 0 fully saturated rings. The van der Waals surface area contributed by atoms with Gasteiger partial charge in [-0.25, -0.2) is 0 Å². The Bertz CT molecular complexity index is 633. The van der Waals surface area contributed by atoms with Crippen molar-refractivity contribution in [2.24, 2.45) is 4.99 Å². The minimum atomic E-state index is -1.99. The fourth-order valence-corrected chi connectivity index (χ4v) is 1.54. The third-order valence-electron chi connectivity index (χ3n) is 2.50. The van der Waals surface area contributed by atoms with Crippen LogP contribution in [0.15, 0.2) is 35.3 Å². The Kier molecular flexibility index (Phi) is 3.56. The standard InChI is InChI=1S/C12H9N3O5/c16-8-4-1-7(2-5-8)3-6-9-13-11(17)10(15(19)20)12(18)14-9/h1-6,10,16H,(H,13,14,17,18)/b6-3+. The fourth-order valence-electron chi connectivity index (χ4n) is 1.54. The van der Waals surface area contributed by atoms with Gasteiger partial charge in [-0.15, -0.1) is 0 Å². The van der Waals surface area contributed by atoms with E-state index in [-0.39, 0.29) is 11.6 Å². The van der Waals surface area contributed by atoms with Crippen LogP contribution in [0.25, 0.3) is 6.08 Å². The SMILES string of the molecule is O=C1N=C(/C=C/c2ccc(O)cc2)NC(=O)C1[N+](=O)[O-]. The molecule has 1 heterocycles. The van der Waals surface area contributed by atoms with Gasteiger partial charge in [0.15, 0.2) is 0 Å². The largest absolute Gasteiger partial charge is 0.508 e. The fraction of sp³-hybridized carbons (Fsp3) is 0.0833. The number of nitrogens with one attached hydrogen (secondary N) is 1. The summed E-state index contributed by atoms with van der Waals surface area (Å²) in [7, 11) is 0. The Balaban J connectivity index is 2.17. The summed E-state index contributed by atoms with van der Waals surface area (Å²) in [4.78, 5) is 35.7. The van der Waals surface area contributed by atoms with Crippen molar-refractivity contribution in [3.63, 3.8) is 0 Å². The van der Waals surface area contributed by atoms with Crippen molar-refractivity contribution in [1.29, 1.82) is 0 Å². The number of benzene rings is 1. The van der Waals surface area contributed by atoms with Crippen molar-refractivity contribution < 1.29 is 19.6 Å². The number of nitrogens with zero attached hydrogens (tertiary/aromatic N) is 2. The summed E-state index contributed by atoms with van der Waals surface area (Å²) in [6.07, 6.45) is 2.89. The summed E-state index contributed by atoms with van der Waals surface area (Å²) in [6, 6.07) is 4.17. The Labute approximate surface area is 112 Å². The molecule has 8 nitrogen and oxygen atoms in total. The summed E-state index contributed by atoms with van der Waals surface area (Å²) in [6.45, 7) is 0. The van der Waals surface area contributed by atoms with Crippen LogP contribution in [0.1, 0.15) is 5.56 Å². The van der Waals surface area contributed by atoms with E-state index < -0.39 is 22.8 Å². The molecule has 0 saturated heterocycles. The van der Waals surface area contributed by atoms with Crippen LogP contribution in [0.4, 0.5) is 0 Å². The molecule has 102 valence electrons. The molecule has 0 spiro atoms. The molecular formula is C12H9N3O5. The average Bonchev–Trinajstić information content (AvgIpc) is 2.37. The average molecular weight is 275 g/mol. The number of nitro groups is 1. The molecule has 1 unspecified atom stereocenters. The van der Waals surface area contributed by atoms with Gasteiger partial charge in [-0.3, -0.25) is 19.7 Å². The van der Waals surface area contributed by atoms with Gasteiger partial charge in [0, 0.05) is 4.92 Å². The molecule has 1 aromatic carbocycles. The number of rotatable bonds is 3. The lowest BCUT2D eigenvalue weighted by Crippen LogP contribution is -2.50. The monoisotopic (exact) mass is 275 g/mol. The van der Waals surface area contributed by atoms with Gasteiger partial charge in [-0.1, -0.05) is 18.2 Å². The van der Waals surface area contributed by atoms with Crippen LogP contribution in [0.5, 0.6) is 5.75 Å². The van der Waals surface area contributed by atoms with Crippen LogP contribution >= 0.6 is 0 Å². The number of carbonyl (C=O) groups excluding carboxylic acids is 2. The van der Waals surface area contributed by atoms with Gasteiger partial charge < -0.3 is 10.4 Å². The van der Waals surface area contributed by atoms with Gasteiger partial charge in [0.2, 0.25) is 0 Å².